The van der Waals surface area contributed by atoms with Crippen molar-refractivity contribution in [1.29, 1.82) is 0 Å². The number of carbonyl (C=O) groups excluding carboxylic acids is 1. The van der Waals surface area contributed by atoms with E-state index >= 15 is 0 Å². The van der Waals surface area contributed by atoms with E-state index in [4.69, 9.17) is 4.74 Å². The summed E-state index contributed by atoms with van der Waals surface area (Å²) in [4.78, 5) is 20.5. The molecule has 2 aromatic heterocycles. The number of alkyl halides is 3. The molecule has 1 atom stereocenters. The fraction of sp³-hybridized carbons (Fsp3) is 0.450. The fourth-order valence-corrected chi connectivity index (χ4v) is 2.99. The van der Waals surface area contributed by atoms with Gasteiger partial charge in [-0.1, -0.05) is 12.1 Å². The van der Waals surface area contributed by atoms with Gasteiger partial charge in [0.15, 0.2) is 6.04 Å². The van der Waals surface area contributed by atoms with Crippen molar-refractivity contribution in [3.8, 4) is 5.88 Å². The predicted octanol–water partition coefficient (Wildman–Crippen LogP) is 4.18. The van der Waals surface area contributed by atoms with Crippen LogP contribution in [-0.2, 0) is 0 Å². The number of hydrogen-bond donors (Lipinski definition) is 1. The van der Waals surface area contributed by atoms with E-state index in [-0.39, 0.29) is 11.3 Å². The second-order valence-electron chi connectivity index (χ2n) is 7.35. The van der Waals surface area contributed by atoms with E-state index < -0.39 is 18.1 Å². The van der Waals surface area contributed by atoms with Crippen LogP contribution in [0.1, 0.15) is 59.3 Å². The molecule has 2 aromatic rings. The van der Waals surface area contributed by atoms with Crippen LogP contribution in [-0.4, -0.2) is 28.7 Å². The van der Waals surface area contributed by atoms with E-state index in [9.17, 15) is 18.0 Å². The second-order valence-corrected chi connectivity index (χ2v) is 7.35. The lowest BCUT2D eigenvalue weighted by Crippen LogP contribution is -2.38. The summed E-state index contributed by atoms with van der Waals surface area (Å²) < 4.78 is 46.2. The molecule has 0 saturated heterocycles. The minimum Gasteiger partial charge on any atom is -0.477 e. The molecule has 4 rings (SSSR count). The van der Waals surface area contributed by atoms with Crippen molar-refractivity contribution in [3.63, 3.8) is 0 Å². The average Bonchev–Trinajstić information content (AvgIpc) is 3.57. The van der Waals surface area contributed by atoms with E-state index in [0.717, 1.165) is 37.4 Å². The van der Waals surface area contributed by atoms with Gasteiger partial charge in [-0.05, 0) is 49.7 Å². The van der Waals surface area contributed by atoms with Crippen molar-refractivity contribution >= 4 is 5.91 Å². The summed E-state index contributed by atoms with van der Waals surface area (Å²) in [6, 6.07) is 3.72. The molecule has 2 saturated carbocycles. The Morgan fingerprint density at radius 3 is 2.61 bits per heavy atom. The number of rotatable bonds is 7. The maximum absolute atomic E-state index is 13.5. The summed E-state index contributed by atoms with van der Waals surface area (Å²) in [5, 5.41) is 2.04. The van der Waals surface area contributed by atoms with Gasteiger partial charge in [0.25, 0.3) is 5.91 Å². The molecule has 0 aromatic carbocycles. The van der Waals surface area contributed by atoms with Crippen molar-refractivity contribution in [3.05, 3.63) is 53.5 Å². The highest BCUT2D eigenvalue weighted by atomic mass is 19.4. The van der Waals surface area contributed by atoms with Gasteiger partial charge in [0.2, 0.25) is 5.88 Å². The number of hydrogen-bond acceptors (Lipinski definition) is 4. The molecule has 28 heavy (non-hydrogen) atoms. The Bertz CT molecular complexity index is 850. The van der Waals surface area contributed by atoms with Gasteiger partial charge in [-0.3, -0.25) is 9.78 Å². The van der Waals surface area contributed by atoms with Crippen molar-refractivity contribution in [2.75, 3.05) is 6.61 Å². The van der Waals surface area contributed by atoms with Crippen LogP contribution < -0.4 is 10.1 Å². The number of carbonyl (C=O) groups is 1. The molecule has 0 radical (unpaired) electrons. The van der Waals surface area contributed by atoms with Gasteiger partial charge >= 0.3 is 6.18 Å². The van der Waals surface area contributed by atoms with Crippen molar-refractivity contribution in [2.45, 2.75) is 43.8 Å². The van der Waals surface area contributed by atoms with E-state index in [2.05, 4.69) is 9.97 Å². The summed E-state index contributed by atoms with van der Waals surface area (Å²) in [5.74, 6) is 0.334. The first-order chi connectivity index (χ1) is 13.4. The van der Waals surface area contributed by atoms with Gasteiger partial charge in [0.05, 0.1) is 6.61 Å². The zero-order chi connectivity index (χ0) is 19.7. The number of nitrogens with one attached hydrogen (secondary N) is 1. The minimum absolute atomic E-state index is 0.0895. The Morgan fingerprint density at radius 1 is 1.21 bits per heavy atom. The largest absolute Gasteiger partial charge is 0.477 e. The fourth-order valence-electron chi connectivity index (χ4n) is 2.99. The molecule has 2 aliphatic carbocycles. The summed E-state index contributed by atoms with van der Waals surface area (Å²) in [6.07, 6.45) is 2.09. The van der Waals surface area contributed by atoms with E-state index in [1.54, 1.807) is 6.07 Å². The molecule has 1 amide bonds. The SMILES string of the molecule is O=C(N[C@@H](c1cccnc1)C(F)(F)F)c1ccc(C2CC2)c(OCC2CC2)n1. The summed E-state index contributed by atoms with van der Waals surface area (Å²) in [6.45, 7) is 0.526. The first-order valence-electron chi connectivity index (χ1n) is 9.33. The maximum atomic E-state index is 13.5. The summed E-state index contributed by atoms with van der Waals surface area (Å²) in [5.41, 5.74) is 0.702. The molecular weight excluding hydrogens is 371 g/mol. The van der Waals surface area contributed by atoms with Gasteiger partial charge in [0, 0.05) is 23.5 Å². The third-order valence-corrected chi connectivity index (χ3v) is 4.91. The number of halogens is 3. The van der Waals surface area contributed by atoms with Gasteiger partial charge in [0.1, 0.15) is 5.69 Å². The lowest BCUT2D eigenvalue weighted by molar-refractivity contribution is -0.155. The van der Waals surface area contributed by atoms with Crippen LogP contribution in [0.25, 0.3) is 0 Å². The normalized spacial score (nSPS) is 17.8. The summed E-state index contributed by atoms with van der Waals surface area (Å²) >= 11 is 0. The molecule has 2 fully saturated rings. The van der Waals surface area contributed by atoms with Gasteiger partial charge in [-0.25, -0.2) is 4.98 Å². The Labute approximate surface area is 160 Å². The molecule has 5 nitrogen and oxygen atoms in total. The molecule has 8 heteroatoms. The average molecular weight is 391 g/mol. The maximum Gasteiger partial charge on any atom is 0.412 e. The number of nitrogens with zero attached hydrogens (tertiary/aromatic N) is 2. The molecule has 1 N–H and O–H groups in total. The van der Waals surface area contributed by atoms with Crippen LogP contribution in [0.4, 0.5) is 13.2 Å². The Hall–Kier alpha value is -2.64. The van der Waals surface area contributed by atoms with E-state index in [1.807, 2.05) is 5.32 Å². The van der Waals surface area contributed by atoms with Crippen LogP contribution in [0.2, 0.25) is 0 Å². The molecule has 0 aliphatic heterocycles. The molecule has 0 unspecified atom stereocenters. The highest BCUT2D eigenvalue weighted by Gasteiger charge is 2.42. The van der Waals surface area contributed by atoms with Crippen molar-refractivity contribution in [1.82, 2.24) is 15.3 Å². The lowest BCUT2D eigenvalue weighted by atomic mass is 10.1. The first-order valence-corrected chi connectivity index (χ1v) is 9.33. The van der Waals surface area contributed by atoms with Gasteiger partial charge < -0.3 is 10.1 Å². The number of amides is 1. The third-order valence-electron chi connectivity index (χ3n) is 4.91. The highest BCUT2D eigenvalue weighted by Crippen LogP contribution is 2.44. The number of ether oxygens (including phenoxy) is 1. The molecular formula is C20H20F3N3O2. The Balaban J connectivity index is 1.55. The Morgan fingerprint density at radius 2 is 2.00 bits per heavy atom. The first kappa shape index (κ1) is 18.7. The lowest BCUT2D eigenvalue weighted by Gasteiger charge is -2.21. The van der Waals surface area contributed by atoms with Gasteiger partial charge in [-0.15, -0.1) is 0 Å². The second kappa shape index (κ2) is 7.41. The van der Waals surface area contributed by atoms with E-state index in [0.29, 0.717) is 24.3 Å². The molecule has 0 bridgehead atoms. The Kier molecular flexibility index (Phi) is 4.95. The van der Waals surface area contributed by atoms with Crippen molar-refractivity contribution in [2.24, 2.45) is 5.92 Å². The molecule has 148 valence electrons. The molecule has 2 aliphatic rings. The van der Waals surface area contributed by atoms with Crippen LogP contribution in [0.15, 0.2) is 36.7 Å². The minimum atomic E-state index is -4.65. The summed E-state index contributed by atoms with van der Waals surface area (Å²) in [7, 11) is 0. The monoisotopic (exact) mass is 391 g/mol. The quantitative estimate of drug-likeness (QED) is 0.769. The van der Waals surface area contributed by atoms with Crippen molar-refractivity contribution < 1.29 is 22.7 Å². The van der Waals surface area contributed by atoms with Crippen LogP contribution in [0.5, 0.6) is 5.88 Å². The number of aromatic nitrogens is 2. The predicted molar refractivity (Wildman–Crippen MR) is 94.9 cm³/mol. The topological polar surface area (TPSA) is 64.1 Å². The highest BCUT2D eigenvalue weighted by molar-refractivity contribution is 5.92. The molecule has 0 spiro atoms. The standard InChI is InChI=1S/C20H20F3N3O2/c21-20(22,23)17(14-2-1-9-24-10-14)26-18(27)16-8-7-15(13-5-6-13)19(25-16)28-11-12-3-4-12/h1-2,7-10,12-13,17H,3-6,11H2,(H,26,27)/t17-/m0/s1. The zero-order valence-electron chi connectivity index (χ0n) is 15.1. The van der Waals surface area contributed by atoms with Gasteiger partial charge in [-0.2, -0.15) is 13.2 Å². The van der Waals surface area contributed by atoms with Crippen LogP contribution in [0, 0.1) is 5.92 Å². The van der Waals surface area contributed by atoms with E-state index in [1.165, 1.54) is 24.4 Å². The zero-order valence-corrected chi connectivity index (χ0v) is 15.1. The van der Waals surface area contributed by atoms with Crippen LogP contribution in [0.3, 0.4) is 0 Å². The number of pyridine rings is 2. The van der Waals surface area contributed by atoms with Crippen LogP contribution >= 0.6 is 0 Å². The smallest absolute Gasteiger partial charge is 0.412 e. The molecule has 2 heterocycles. The third kappa shape index (κ3) is 4.43.